The third-order valence-corrected chi connectivity index (χ3v) is 4.72. The van der Waals surface area contributed by atoms with Crippen molar-refractivity contribution < 1.29 is 22.7 Å². The molecule has 4 rings (SSSR count). The molecule has 1 aliphatic rings. The molecule has 0 aliphatic carbocycles. The summed E-state index contributed by atoms with van der Waals surface area (Å²) in [5.74, 6) is 1.22. The van der Waals surface area contributed by atoms with Gasteiger partial charge >= 0.3 is 6.18 Å². The number of carbonyl (C=O) groups is 1. The predicted octanol–water partition coefficient (Wildman–Crippen LogP) is 4.48. The molecule has 0 atom stereocenters. The van der Waals surface area contributed by atoms with E-state index < -0.39 is 17.6 Å². The van der Waals surface area contributed by atoms with Gasteiger partial charge in [0.05, 0.1) is 12.1 Å². The van der Waals surface area contributed by atoms with Crippen molar-refractivity contribution >= 4 is 29.2 Å². The second-order valence-corrected chi connectivity index (χ2v) is 7.37. The number of halogens is 3. The van der Waals surface area contributed by atoms with E-state index in [1.807, 2.05) is 0 Å². The van der Waals surface area contributed by atoms with Gasteiger partial charge in [0.1, 0.15) is 23.0 Å². The average molecular weight is 467 g/mol. The van der Waals surface area contributed by atoms with Crippen LogP contribution in [0.2, 0.25) is 0 Å². The summed E-state index contributed by atoms with van der Waals surface area (Å²) in [6.07, 6.45) is -0.206. The number of nitrogens with zero attached hydrogens (tertiary/aromatic N) is 2. The van der Waals surface area contributed by atoms with Crippen LogP contribution in [0.25, 0.3) is 6.08 Å². The highest BCUT2D eigenvalue weighted by molar-refractivity contribution is 6.02. The van der Waals surface area contributed by atoms with Gasteiger partial charge in [0.2, 0.25) is 5.91 Å². The molecule has 174 valence electrons. The van der Waals surface area contributed by atoms with Crippen molar-refractivity contribution in [3.63, 3.8) is 0 Å². The molecule has 3 aromatic rings. The van der Waals surface area contributed by atoms with Crippen molar-refractivity contribution in [2.45, 2.75) is 6.18 Å². The van der Waals surface area contributed by atoms with Crippen molar-refractivity contribution in [2.75, 3.05) is 24.1 Å². The minimum absolute atomic E-state index is 0.0473. The van der Waals surface area contributed by atoms with Crippen LogP contribution in [0.15, 0.2) is 71.9 Å². The molecule has 0 spiro atoms. The molecular formula is C24H20F3N5O2. The molecule has 1 amide bonds. The zero-order valence-corrected chi connectivity index (χ0v) is 17.8. The summed E-state index contributed by atoms with van der Waals surface area (Å²) in [7, 11) is 0. The maximum absolute atomic E-state index is 12.9. The third kappa shape index (κ3) is 5.91. The van der Waals surface area contributed by atoms with E-state index in [1.165, 1.54) is 18.2 Å². The maximum Gasteiger partial charge on any atom is 0.416 e. The highest BCUT2D eigenvalue weighted by atomic mass is 19.4. The van der Waals surface area contributed by atoms with Crippen molar-refractivity contribution in [1.29, 1.82) is 0 Å². The highest BCUT2D eigenvalue weighted by Crippen LogP contribution is 2.32. The highest BCUT2D eigenvalue weighted by Gasteiger charge is 2.31. The molecule has 7 nitrogen and oxygen atoms in total. The van der Waals surface area contributed by atoms with Crippen LogP contribution >= 0.6 is 0 Å². The van der Waals surface area contributed by atoms with Gasteiger partial charge in [-0.25, -0.2) is 0 Å². The normalized spacial score (nSPS) is 13.4. The van der Waals surface area contributed by atoms with E-state index in [-0.39, 0.29) is 11.4 Å². The number of anilines is 2. The lowest BCUT2D eigenvalue weighted by Gasteiger charge is -2.10. The first-order valence-corrected chi connectivity index (χ1v) is 10.3. The number of pyridine rings is 1. The van der Waals surface area contributed by atoms with Crippen LogP contribution in [0.5, 0.6) is 11.5 Å². The Bertz CT molecular complexity index is 1270. The van der Waals surface area contributed by atoms with Crippen LogP contribution in [-0.2, 0) is 11.0 Å². The van der Waals surface area contributed by atoms with E-state index in [4.69, 9.17) is 10.5 Å². The fraction of sp³-hybridized carbons (Fsp3) is 0.125. The number of rotatable bonds is 6. The Morgan fingerprint density at radius 1 is 1.12 bits per heavy atom. The maximum atomic E-state index is 12.9. The minimum atomic E-state index is -4.57. The monoisotopic (exact) mass is 467 g/mol. The van der Waals surface area contributed by atoms with Crippen LogP contribution in [0.1, 0.15) is 16.8 Å². The number of ether oxygens (including phenoxy) is 1. The number of amides is 1. The zero-order valence-electron chi connectivity index (χ0n) is 17.8. The molecular weight excluding hydrogens is 447 g/mol. The number of nitrogens with two attached hydrogens (primary N) is 1. The number of nitrogens with one attached hydrogen (secondary N) is 2. The molecule has 4 N–H and O–H groups in total. The van der Waals surface area contributed by atoms with E-state index >= 15 is 0 Å². The topological polar surface area (TPSA) is 102 Å². The van der Waals surface area contributed by atoms with Crippen LogP contribution < -0.4 is 21.1 Å². The Morgan fingerprint density at radius 2 is 1.94 bits per heavy atom. The second-order valence-electron chi connectivity index (χ2n) is 7.37. The lowest BCUT2D eigenvalue weighted by atomic mass is 10.1. The summed E-state index contributed by atoms with van der Waals surface area (Å²) in [6, 6.07) is 13.4. The van der Waals surface area contributed by atoms with E-state index in [0.29, 0.717) is 29.3 Å². The van der Waals surface area contributed by atoms with Gasteiger partial charge in [-0.15, -0.1) is 0 Å². The molecule has 10 heteroatoms. The molecule has 0 bridgehead atoms. The second kappa shape index (κ2) is 9.65. The molecule has 34 heavy (non-hydrogen) atoms. The molecule has 1 aromatic heterocycles. The lowest BCUT2D eigenvalue weighted by Crippen LogP contribution is -2.20. The summed E-state index contributed by atoms with van der Waals surface area (Å²) in [6.45, 7) is 1.47. The number of aliphatic imine (C=N–C) groups is 1. The number of amidine groups is 1. The van der Waals surface area contributed by atoms with E-state index in [0.717, 1.165) is 24.5 Å². The number of aromatic nitrogens is 1. The number of benzene rings is 2. The van der Waals surface area contributed by atoms with Gasteiger partial charge in [-0.3, -0.25) is 14.8 Å². The molecule has 2 aromatic carbocycles. The summed E-state index contributed by atoms with van der Waals surface area (Å²) in [5.41, 5.74) is 5.77. The first-order valence-electron chi connectivity index (χ1n) is 10.3. The third-order valence-electron chi connectivity index (χ3n) is 4.72. The van der Waals surface area contributed by atoms with Crippen molar-refractivity contribution in [1.82, 2.24) is 10.3 Å². The number of hydrogen-bond donors (Lipinski definition) is 3. The standard InChI is InChI=1S/C24H20F3N5O2/c25-24(26,27)16-11-17(28)13-18(12-16)32-22(33)5-4-15-2-1-3-19(10-15)34-20-6-7-29-21(14-20)23-30-8-9-31-23/h1-7,10-14H,8-9,28H2,(H,30,31)(H,32,33). The first kappa shape index (κ1) is 22.8. The summed E-state index contributed by atoms with van der Waals surface area (Å²) >= 11 is 0. The molecule has 0 saturated carbocycles. The van der Waals surface area contributed by atoms with Crippen molar-refractivity contribution in [3.05, 3.63) is 83.7 Å². The number of alkyl halides is 3. The summed E-state index contributed by atoms with van der Waals surface area (Å²) < 4.78 is 44.7. The van der Waals surface area contributed by atoms with Gasteiger partial charge in [-0.2, -0.15) is 13.2 Å². The Kier molecular flexibility index (Phi) is 6.48. The quantitative estimate of drug-likeness (QED) is 0.367. The first-order chi connectivity index (χ1) is 16.3. The Balaban J connectivity index is 1.42. The molecule has 2 heterocycles. The molecule has 0 unspecified atom stereocenters. The number of hydrogen-bond acceptors (Lipinski definition) is 6. The molecule has 1 aliphatic heterocycles. The van der Waals surface area contributed by atoms with Crippen LogP contribution in [0, 0.1) is 0 Å². The molecule has 0 fully saturated rings. The van der Waals surface area contributed by atoms with Gasteiger partial charge in [-0.05, 0) is 48.0 Å². The van der Waals surface area contributed by atoms with Gasteiger partial charge in [0.15, 0.2) is 0 Å². The van der Waals surface area contributed by atoms with Crippen molar-refractivity contribution in [2.24, 2.45) is 4.99 Å². The van der Waals surface area contributed by atoms with E-state index in [9.17, 15) is 18.0 Å². The van der Waals surface area contributed by atoms with Crippen LogP contribution in [0.4, 0.5) is 24.5 Å². The van der Waals surface area contributed by atoms with E-state index in [1.54, 1.807) is 42.6 Å². The zero-order chi connectivity index (χ0) is 24.1. The fourth-order valence-corrected chi connectivity index (χ4v) is 3.23. The molecule has 0 radical (unpaired) electrons. The Labute approximate surface area is 193 Å². The van der Waals surface area contributed by atoms with Crippen LogP contribution in [-0.4, -0.2) is 29.8 Å². The predicted molar refractivity (Wildman–Crippen MR) is 124 cm³/mol. The van der Waals surface area contributed by atoms with Crippen molar-refractivity contribution in [3.8, 4) is 11.5 Å². The SMILES string of the molecule is Nc1cc(NC(=O)C=Cc2cccc(Oc3ccnc(C4=NCCN4)c3)c2)cc(C(F)(F)F)c1. The number of nitrogen functional groups attached to an aromatic ring is 1. The van der Waals surface area contributed by atoms with Gasteiger partial charge in [0.25, 0.3) is 0 Å². The minimum Gasteiger partial charge on any atom is -0.457 e. The summed E-state index contributed by atoms with van der Waals surface area (Å²) in [4.78, 5) is 20.8. The smallest absolute Gasteiger partial charge is 0.416 e. The van der Waals surface area contributed by atoms with Gasteiger partial charge < -0.3 is 21.1 Å². The average Bonchev–Trinajstić information content (AvgIpc) is 3.32. The number of carbonyl (C=O) groups excluding carboxylic acids is 1. The Morgan fingerprint density at radius 3 is 2.71 bits per heavy atom. The fourth-order valence-electron chi connectivity index (χ4n) is 3.23. The van der Waals surface area contributed by atoms with Crippen LogP contribution in [0.3, 0.4) is 0 Å². The largest absolute Gasteiger partial charge is 0.457 e. The Hall–Kier alpha value is -4.34. The van der Waals surface area contributed by atoms with E-state index in [2.05, 4.69) is 20.6 Å². The summed E-state index contributed by atoms with van der Waals surface area (Å²) in [5, 5.41) is 5.55. The van der Waals surface area contributed by atoms with Gasteiger partial charge in [-0.1, -0.05) is 12.1 Å². The molecule has 0 saturated heterocycles. The lowest BCUT2D eigenvalue weighted by molar-refractivity contribution is -0.137. The van der Waals surface area contributed by atoms with Gasteiger partial charge in [0, 0.05) is 36.3 Å².